The number of ketones is 2. The molecule has 0 radical (unpaired) electrons. The molecular weight excluding hydrogens is 380 g/mol. The first-order valence-corrected chi connectivity index (χ1v) is 10.2. The molecule has 1 aliphatic carbocycles. The van der Waals surface area contributed by atoms with Crippen LogP contribution in [0.15, 0.2) is 42.5 Å². The van der Waals surface area contributed by atoms with Crippen molar-refractivity contribution >= 4 is 17.6 Å². The van der Waals surface area contributed by atoms with Crippen LogP contribution in [0.1, 0.15) is 54.2 Å². The van der Waals surface area contributed by atoms with Gasteiger partial charge < -0.3 is 15.3 Å². The third kappa shape index (κ3) is 4.17. The Bertz CT molecular complexity index is 1000. The smallest absolute Gasteiger partial charge is 0.170 e. The molecule has 5 nitrogen and oxygen atoms in total. The molecule has 158 valence electrons. The van der Waals surface area contributed by atoms with Gasteiger partial charge in [0, 0.05) is 29.9 Å². The number of benzene rings is 2. The number of phenolic OH excluding ortho intramolecular Hbond substituents is 2. The molecule has 5 heteroatoms. The molecule has 0 saturated carbocycles. The van der Waals surface area contributed by atoms with Crippen molar-refractivity contribution in [2.24, 2.45) is 11.8 Å². The number of fused-ring (bicyclic) bond motifs is 1. The second kappa shape index (κ2) is 8.44. The van der Waals surface area contributed by atoms with Gasteiger partial charge in [0.25, 0.3) is 0 Å². The number of allylic oxidation sites excluding steroid dienone is 1. The lowest BCUT2D eigenvalue weighted by atomic mass is 9.73. The highest BCUT2D eigenvalue weighted by Crippen LogP contribution is 2.36. The van der Waals surface area contributed by atoms with Crippen molar-refractivity contribution in [2.75, 3.05) is 6.61 Å². The zero-order valence-electron chi connectivity index (χ0n) is 17.6. The average Bonchev–Trinajstić information content (AvgIpc) is 2.72. The summed E-state index contributed by atoms with van der Waals surface area (Å²) in [6.07, 6.45) is 4.47. The summed E-state index contributed by atoms with van der Waals surface area (Å²) in [7, 11) is 0. The van der Waals surface area contributed by atoms with E-state index in [1.54, 1.807) is 18.2 Å². The molecule has 2 unspecified atom stereocenters. The molecule has 3 rings (SSSR count). The Labute approximate surface area is 176 Å². The first kappa shape index (κ1) is 21.8. The van der Waals surface area contributed by atoms with E-state index in [4.69, 9.17) is 0 Å². The largest absolute Gasteiger partial charge is 0.504 e. The van der Waals surface area contributed by atoms with Crippen LogP contribution in [-0.4, -0.2) is 33.5 Å². The van der Waals surface area contributed by atoms with Crippen LogP contribution >= 0.6 is 0 Å². The first-order chi connectivity index (χ1) is 14.1. The van der Waals surface area contributed by atoms with Gasteiger partial charge in [-0.1, -0.05) is 43.3 Å². The summed E-state index contributed by atoms with van der Waals surface area (Å²) in [6, 6.07) is 9.84. The number of aromatic hydroxyl groups is 2. The fourth-order valence-corrected chi connectivity index (χ4v) is 3.93. The van der Waals surface area contributed by atoms with Crippen molar-refractivity contribution in [3.8, 4) is 11.5 Å². The van der Waals surface area contributed by atoms with Gasteiger partial charge in [-0.2, -0.15) is 0 Å². The SMILES string of the molecule is CC(CO)CC1C=Cc2c(cccc2C(C)(C)C(=O)Cc2ccc(O)c(O)c2)C1=O. The summed E-state index contributed by atoms with van der Waals surface area (Å²) in [6.45, 7) is 5.63. The maximum atomic E-state index is 13.2. The van der Waals surface area contributed by atoms with Crippen LogP contribution < -0.4 is 0 Å². The van der Waals surface area contributed by atoms with Gasteiger partial charge in [0.05, 0.1) is 0 Å². The molecule has 2 aromatic carbocycles. The Morgan fingerprint density at radius 2 is 1.87 bits per heavy atom. The van der Waals surface area contributed by atoms with Crippen molar-refractivity contribution in [1.29, 1.82) is 0 Å². The molecule has 0 spiro atoms. The zero-order valence-corrected chi connectivity index (χ0v) is 17.6. The molecule has 0 aliphatic heterocycles. The van der Waals surface area contributed by atoms with Gasteiger partial charge in [-0.05, 0) is 55.0 Å². The molecular formula is C25H28O5. The molecule has 0 amide bonds. The van der Waals surface area contributed by atoms with Gasteiger partial charge in [0.2, 0.25) is 0 Å². The topological polar surface area (TPSA) is 94.8 Å². The van der Waals surface area contributed by atoms with E-state index in [-0.39, 0.29) is 47.9 Å². The van der Waals surface area contributed by atoms with Crippen molar-refractivity contribution in [3.05, 3.63) is 64.7 Å². The average molecular weight is 408 g/mol. The van der Waals surface area contributed by atoms with E-state index in [0.29, 0.717) is 17.5 Å². The number of rotatable bonds is 7. The number of phenols is 2. The fraction of sp³-hybridized carbons (Fsp3) is 0.360. The lowest BCUT2D eigenvalue weighted by Gasteiger charge is -2.29. The normalized spacial score (nSPS) is 16.9. The van der Waals surface area contributed by atoms with E-state index in [2.05, 4.69) is 0 Å². The van der Waals surface area contributed by atoms with Crippen molar-refractivity contribution in [2.45, 2.75) is 39.0 Å². The van der Waals surface area contributed by atoms with Crippen molar-refractivity contribution in [3.63, 3.8) is 0 Å². The van der Waals surface area contributed by atoms with Gasteiger partial charge in [-0.25, -0.2) is 0 Å². The van der Waals surface area contributed by atoms with Crippen molar-refractivity contribution in [1.82, 2.24) is 0 Å². The second-order valence-electron chi connectivity index (χ2n) is 8.67. The predicted octanol–water partition coefficient (Wildman–Crippen LogP) is 4.03. The third-order valence-electron chi connectivity index (χ3n) is 5.95. The Kier molecular flexibility index (Phi) is 6.13. The summed E-state index contributed by atoms with van der Waals surface area (Å²) in [5.41, 5.74) is 1.91. The van der Waals surface area contributed by atoms with Crippen LogP contribution in [0.5, 0.6) is 11.5 Å². The first-order valence-electron chi connectivity index (χ1n) is 10.2. The highest BCUT2D eigenvalue weighted by Gasteiger charge is 2.34. The molecule has 2 atom stereocenters. The Balaban J connectivity index is 1.90. The lowest BCUT2D eigenvalue weighted by molar-refractivity contribution is -0.122. The van der Waals surface area contributed by atoms with Crippen LogP contribution in [-0.2, 0) is 16.6 Å². The number of carbonyl (C=O) groups is 2. The van der Waals surface area contributed by atoms with Gasteiger partial charge >= 0.3 is 0 Å². The zero-order chi connectivity index (χ0) is 22.1. The highest BCUT2D eigenvalue weighted by molar-refractivity contribution is 6.06. The van der Waals surface area contributed by atoms with Gasteiger partial charge in [-0.15, -0.1) is 0 Å². The standard InChI is InChI=1S/C25H28O5/c1-15(14-26)11-17-8-9-18-19(24(17)30)5-4-6-20(18)25(2,3)23(29)13-16-7-10-21(27)22(28)12-16/h4-10,12,15,17,26-28H,11,13-14H2,1-3H3. The molecule has 3 N–H and O–H groups in total. The molecule has 2 aromatic rings. The van der Waals surface area contributed by atoms with Crippen LogP contribution in [0.3, 0.4) is 0 Å². The maximum absolute atomic E-state index is 13.2. The van der Waals surface area contributed by atoms with Crippen LogP contribution in [0.25, 0.3) is 6.08 Å². The summed E-state index contributed by atoms with van der Waals surface area (Å²) in [4.78, 5) is 26.2. The number of aliphatic hydroxyl groups is 1. The summed E-state index contributed by atoms with van der Waals surface area (Å²) < 4.78 is 0. The minimum atomic E-state index is -0.852. The molecule has 0 heterocycles. The van der Waals surface area contributed by atoms with Gasteiger partial charge in [0.15, 0.2) is 17.3 Å². The van der Waals surface area contributed by atoms with E-state index in [1.807, 2.05) is 39.0 Å². The Hall–Kier alpha value is -2.92. The van der Waals surface area contributed by atoms with E-state index in [0.717, 1.165) is 11.1 Å². The molecule has 30 heavy (non-hydrogen) atoms. The maximum Gasteiger partial charge on any atom is 0.170 e. The number of aliphatic hydroxyl groups excluding tert-OH is 1. The molecule has 0 aromatic heterocycles. The molecule has 0 fully saturated rings. The number of carbonyl (C=O) groups excluding carboxylic acids is 2. The van der Waals surface area contributed by atoms with Crippen LogP contribution in [0.4, 0.5) is 0 Å². The minimum Gasteiger partial charge on any atom is -0.504 e. The van der Waals surface area contributed by atoms with Gasteiger partial charge in [-0.3, -0.25) is 9.59 Å². The fourth-order valence-electron chi connectivity index (χ4n) is 3.93. The van der Waals surface area contributed by atoms with E-state index in [1.165, 1.54) is 12.1 Å². The predicted molar refractivity (Wildman–Crippen MR) is 116 cm³/mol. The van der Waals surface area contributed by atoms with Gasteiger partial charge in [0.1, 0.15) is 5.78 Å². The third-order valence-corrected chi connectivity index (χ3v) is 5.95. The van der Waals surface area contributed by atoms with Crippen LogP contribution in [0, 0.1) is 11.8 Å². The number of Topliss-reactive ketones (excluding diaryl/α,β-unsaturated/α-hetero) is 2. The Morgan fingerprint density at radius 1 is 1.13 bits per heavy atom. The number of hydrogen-bond donors (Lipinski definition) is 3. The quantitative estimate of drug-likeness (QED) is 0.601. The molecule has 0 bridgehead atoms. The van der Waals surface area contributed by atoms with E-state index >= 15 is 0 Å². The summed E-state index contributed by atoms with van der Waals surface area (Å²) in [5, 5.41) is 28.5. The monoisotopic (exact) mass is 408 g/mol. The molecule has 0 saturated heterocycles. The van der Waals surface area contributed by atoms with E-state index in [9.17, 15) is 24.9 Å². The highest BCUT2D eigenvalue weighted by atomic mass is 16.3. The minimum absolute atomic E-state index is 0.0151. The molecule has 1 aliphatic rings. The van der Waals surface area contributed by atoms with Crippen molar-refractivity contribution < 1.29 is 24.9 Å². The lowest BCUT2D eigenvalue weighted by Crippen LogP contribution is -2.32. The van der Waals surface area contributed by atoms with Crippen LogP contribution in [0.2, 0.25) is 0 Å². The summed E-state index contributed by atoms with van der Waals surface area (Å²) >= 11 is 0. The van der Waals surface area contributed by atoms with E-state index < -0.39 is 5.41 Å². The second-order valence-corrected chi connectivity index (χ2v) is 8.67. The summed E-state index contributed by atoms with van der Waals surface area (Å²) in [5.74, 6) is -0.760. The number of hydrogen-bond acceptors (Lipinski definition) is 5. The Morgan fingerprint density at radius 3 is 2.53 bits per heavy atom.